The molecule has 2 aliphatic carbocycles. The Bertz CT molecular complexity index is 446. The summed E-state index contributed by atoms with van der Waals surface area (Å²) in [6.45, 7) is 6.99. The minimum Gasteiger partial charge on any atom is -0.353 e. The standard InChI is InChI=1S/C20H35N3O2/c1-2-22-12-14-23(15-13-22)20(25)17-10-8-16(9-11-17)19(24)21-18-6-4-3-5-7-18/h16-18H,2-15H2,1H3,(H,21,24). The third-order valence-electron chi connectivity index (χ3n) is 6.53. The first-order chi connectivity index (χ1) is 12.2. The van der Waals surface area contributed by atoms with Gasteiger partial charge in [-0.1, -0.05) is 26.2 Å². The van der Waals surface area contributed by atoms with E-state index in [1.54, 1.807) is 0 Å². The SMILES string of the molecule is CCN1CCN(C(=O)C2CCC(C(=O)NC3CCCCC3)CC2)CC1. The fourth-order valence-corrected chi connectivity index (χ4v) is 4.71. The van der Waals surface area contributed by atoms with Crippen molar-refractivity contribution in [1.29, 1.82) is 0 Å². The summed E-state index contributed by atoms with van der Waals surface area (Å²) >= 11 is 0. The average molecular weight is 350 g/mol. The Labute approximate surface area is 152 Å². The molecule has 0 radical (unpaired) electrons. The first-order valence-electron chi connectivity index (χ1n) is 10.5. The molecule has 1 heterocycles. The van der Waals surface area contributed by atoms with E-state index in [9.17, 15) is 9.59 Å². The highest BCUT2D eigenvalue weighted by molar-refractivity contribution is 5.81. The van der Waals surface area contributed by atoms with Crippen LogP contribution in [-0.2, 0) is 9.59 Å². The van der Waals surface area contributed by atoms with E-state index < -0.39 is 0 Å². The fraction of sp³-hybridized carbons (Fsp3) is 0.900. The van der Waals surface area contributed by atoms with Gasteiger partial charge in [0.05, 0.1) is 0 Å². The van der Waals surface area contributed by atoms with Gasteiger partial charge in [0, 0.05) is 44.1 Å². The summed E-state index contributed by atoms with van der Waals surface area (Å²) < 4.78 is 0. The summed E-state index contributed by atoms with van der Waals surface area (Å²) in [5.74, 6) is 0.853. The molecule has 0 spiro atoms. The summed E-state index contributed by atoms with van der Waals surface area (Å²) in [7, 11) is 0. The van der Waals surface area contributed by atoms with Crippen molar-refractivity contribution in [2.75, 3.05) is 32.7 Å². The zero-order chi connectivity index (χ0) is 17.6. The van der Waals surface area contributed by atoms with Crippen LogP contribution in [-0.4, -0.2) is 60.4 Å². The normalized spacial score (nSPS) is 29.4. The zero-order valence-electron chi connectivity index (χ0n) is 15.8. The largest absolute Gasteiger partial charge is 0.353 e. The second-order valence-corrected chi connectivity index (χ2v) is 8.15. The second kappa shape index (κ2) is 9.02. The van der Waals surface area contributed by atoms with Gasteiger partial charge in [-0.3, -0.25) is 9.59 Å². The maximum Gasteiger partial charge on any atom is 0.225 e. The van der Waals surface area contributed by atoms with E-state index >= 15 is 0 Å². The van der Waals surface area contributed by atoms with Crippen molar-refractivity contribution in [3.8, 4) is 0 Å². The van der Waals surface area contributed by atoms with Crippen molar-refractivity contribution in [1.82, 2.24) is 15.1 Å². The van der Waals surface area contributed by atoms with Gasteiger partial charge in [0.2, 0.25) is 11.8 Å². The molecular weight excluding hydrogens is 314 g/mol. The van der Waals surface area contributed by atoms with Crippen molar-refractivity contribution >= 4 is 11.8 Å². The number of nitrogens with zero attached hydrogens (tertiary/aromatic N) is 2. The quantitative estimate of drug-likeness (QED) is 0.848. The Balaban J connectivity index is 1.40. The van der Waals surface area contributed by atoms with Gasteiger partial charge in [-0.05, 0) is 45.1 Å². The molecule has 3 rings (SSSR count). The zero-order valence-corrected chi connectivity index (χ0v) is 15.8. The Morgan fingerprint density at radius 1 is 0.840 bits per heavy atom. The van der Waals surface area contributed by atoms with E-state index in [2.05, 4.69) is 22.0 Å². The van der Waals surface area contributed by atoms with E-state index in [-0.39, 0.29) is 17.7 Å². The molecule has 3 aliphatic rings. The van der Waals surface area contributed by atoms with Gasteiger partial charge in [0.15, 0.2) is 0 Å². The second-order valence-electron chi connectivity index (χ2n) is 8.15. The Morgan fingerprint density at radius 3 is 2.04 bits per heavy atom. The molecule has 25 heavy (non-hydrogen) atoms. The molecule has 0 aromatic rings. The van der Waals surface area contributed by atoms with Crippen LogP contribution in [0.25, 0.3) is 0 Å². The molecule has 0 bridgehead atoms. The van der Waals surface area contributed by atoms with Crippen LogP contribution in [0.2, 0.25) is 0 Å². The van der Waals surface area contributed by atoms with Crippen LogP contribution in [0.1, 0.15) is 64.7 Å². The lowest BCUT2D eigenvalue weighted by molar-refractivity contribution is -0.140. The minimum atomic E-state index is 0.128. The Kier molecular flexibility index (Phi) is 6.74. The van der Waals surface area contributed by atoms with Gasteiger partial charge in [-0.15, -0.1) is 0 Å². The van der Waals surface area contributed by atoms with Gasteiger partial charge < -0.3 is 15.1 Å². The molecule has 2 saturated carbocycles. The summed E-state index contributed by atoms with van der Waals surface area (Å²) in [4.78, 5) is 29.7. The summed E-state index contributed by atoms with van der Waals surface area (Å²) in [6.07, 6.45) is 9.62. The molecule has 0 aromatic heterocycles. The number of hydrogen-bond donors (Lipinski definition) is 1. The molecule has 5 heteroatoms. The molecule has 2 amide bonds. The van der Waals surface area contributed by atoms with Crippen LogP contribution >= 0.6 is 0 Å². The number of rotatable bonds is 4. The molecule has 5 nitrogen and oxygen atoms in total. The lowest BCUT2D eigenvalue weighted by Crippen LogP contribution is -2.50. The van der Waals surface area contributed by atoms with Crippen LogP contribution in [0.4, 0.5) is 0 Å². The molecular formula is C20H35N3O2. The van der Waals surface area contributed by atoms with Crippen molar-refractivity contribution in [3.05, 3.63) is 0 Å². The Hall–Kier alpha value is -1.10. The van der Waals surface area contributed by atoms with E-state index in [0.717, 1.165) is 71.2 Å². The maximum absolute atomic E-state index is 12.7. The maximum atomic E-state index is 12.7. The van der Waals surface area contributed by atoms with Crippen LogP contribution in [0.5, 0.6) is 0 Å². The van der Waals surface area contributed by atoms with Crippen molar-refractivity contribution in [2.45, 2.75) is 70.8 Å². The lowest BCUT2D eigenvalue weighted by Gasteiger charge is -2.37. The summed E-state index contributed by atoms with van der Waals surface area (Å²) in [6, 6.07) is 0.399. The molecule has 1 saturated heterocycles. The third kappa shape index (κ3) is 4.96. The lowest BCUT2D eigenvalue weighted by atomic mass is 9.80. The van der Waals surface area contributed by atoms with Crippen molar-refractivity contribution < 1.29 is 9.59 Å². The van der Waals surface area contributed by atoms with E-state index in [1.165, 1.54) is 19.3 Å². The first kappa shape index (κ1) is 18.7. The van der Waals surface area contributed by atoms with Crippen LogP contribution in [0, 0.1) is 11.8 Å². The van der Waals surface area contributed by atoms with Crippen molar-refractivity contribution in [3.63, 3.8) is 0 Å². The number of piperazine rings is 1. The van der Waals surface area contributed by atoms with Gasteiger partial charge in [-0.2, -0.15) is 0 Å². The molecule has 0 aromatic carbocycles. The van der Waals surface area contributed by atoms with Gasteiger partial charge >= 0.3 is 0 Å². The smallest absolute Gasteiger partial charge is 0.225 e. The highest BCUT2D eigenvalue weighted by Crippen LogP contribution is 2.31. The van der Waals surface area contributed by atoms with Crippen LogP contribution in [0.3, 0.4) is 0 Å². The minimum absolute atomic E-state index is 0.128. The van der Waals surface area contributed by atoms with Gasteiger partial charge in [0.25, 0.3) is 0 Å². The van der Waals surface area contributed by atoms with Gasteiger partial charge in [0.1, 0.15) is 0 Å². The monoisotopic (exact) mass is 349 g/mol. The summed E-state index contributed by atoms with van der Waals surface area (Å²) in [5, 5.41) is 3.27. The highest BCUT2D eigenvalue weighted by Gasteiger charge is 2.33. The van der Waals surface area contributed by atoms with E-state index in [1.807, 2.05) is 0 Å². The highest BCUT2D eigenvalue weighted by atomic mass is 16.2. The predicted molar refractivity (Wildman–Crippen MR) is 99.2 cm³/mol. The van der Waals surface area contributed by atoms with Crippen molar-refractivity contribution in [2.24, 2.45) is 11.8 Å². The summed E-state index contributed by atoms with van der Waals surface area (Å²) in [5.41, 5.74) is 0. The number of amides is 2. The topological polar surface area (TPSA) is 52.7 Å². The third-order valence-corrected chi connectivity index (χ3v) is 6.53. The molecule has 1 N–H and O–H groups in total. The van der Waals surface area contributed by atoms with E-state index in [4.69, 9.17) is 0 Å². The van der Waals surface area contributed by atoms with Crippen LogP contribution in [0.15, 0.2) is 0 Å². The number of hydrogen-bond acceptors (Lipinski definition) is 3. The predicted octanol–water partition coefficient (Wildman–Crippen LogP) is 2.41. The Morgan fingerprint density at radius 2 is 1.44 bits per heavy atom. The molecule has 1 aliphatic heterocycles. The number of likely N-dealkylation sites (N-methyl/N-ethyl adjacent to an activating group) is 1. The van der Waals surface area contributed by atoms with E-state index in [0.29, 0.717) is 11.9 Å². The molecule has 3 fully saturated rings. The molecule has 142 valence electrons. The number of carbonyl (C=O) groups excluding carboxylic acids is 2. The molecule has 0 atom stereocenters. The van der Waals surface area contributed by atoms with Gasteiger partial charge in [-0.25, -0.2) is 0 Å². The number of carbonyl (C=O) groups is 2. The molecule has 0 unspecified atom stereocenters. The van der Waals surface area contributed by atoms with Crippen LogP contribution < -0.4 is 5.32 Å². The first-order valence-corrected chi connectivity index (χ1v) is 10.5. The average Bonchev–Trinajstić information content (AvgIpc) is 2.68. The number of nitrogens with one attached hydrogen (secondary N) is 1. The fourth-order valence-electron chi connectivity index (χ4n) is 4.71.